The predicted octanol–water partition coefficient (Wildman–Crippen LogP) is 6.69. The van der Waals surface area contributed by atoms with E-state index in [2.05, 4.69) is 12.2 Å². The van der Waals surface area contributed by atoms with Gasteiger partial charge >= 0.3 is 12.4 Å². The van der Waals surface area contributed by atoms with E-state index in [1.807, 2.05) is 13.0 Å². The standard InChI is InChI=1S/C29H34F6N2O2/c1-16-6-8-17(9-7-16)27(28(30,31)32,29(33,34)35)37-24(39)19-15-26(3)21-12-14-25(2)13-4-5-20(25)18(21)10-11-22(26)36-23(19)38/h6-9,11,18-21H,4-5,10,12-15H2,1-3H3,(H,36,38)(H,37,39)/t18-,19?,20-,21+,25-,26+/m0/s1. The lowest BCUT2D eigenvalue weighted by molar-refractivity contribution is -0.312. The summed E-state index contributed by atoms with van der Waals surface area (Å²) >= 11 is 0. The van der Waals surface area contributed by atoms with Crippen LogP contribution in [-0.2, 0) is 15.1 Å². The van der Waals surface area contributed by atoms with E-state index in [9.17, 15) is 35.9 Å². The van der Waals surface area contributed by atoms with Crippen molar-refractivity contribution >= 4 is 11.8 Å². The maximum atomic E-state index is 14.4. The zero-order valence-electron chi connectivity index (χ0n) is 22.2. The summed E-state index contributed by atoms with van der Waals surface area (Å²) in [5, 5.41) is 4.01. The Morgan fingerprint density at radius 2 is 1.62 bits per heavy atom. The van der Waals surface area contributed by atoms with Crippen LogP contribution >= 0.6 is 0 Å². The van der Waals surface area contributed by atoms with Crippen LogP contribution in [0, 0.1) is 41.4 Å². The van der Waals surface area contributed by atoms with Gasteiger partial charge < -0.3 is 10.6 Å². The van der Waals surface area contributed by atoms with Crippen molar-refractivity contribution in [2.24, 2.45) is 34.5 Å². The number of nitrogens with one attached hydrogen (secondary N) is 2. The molecule has 2 saturated carbocycles. The summed E-state index contributed by atoms with van der Waals surface area (Å²) in [6, 6.07) is 3.68. The highest BCUT2D eigenvalue weighted by molar-refractivity contribution is 6.02. The van der Waals surface area contributed by atoms with Gasteiger partial charge in [-0.25, -0.2) is 0 Å². The van der Waals surface area contributed by atoms with Gasteiger partial charge in [0.05, 0.1) is 0 Å². The molecule has 0 spiro atoms. The molecule has 4 aliphatic rings. The first-order valence-corrected chi connectivity index (χ1v) is 13.6. The summed E-state index contributed by atoms with van der Waals surface area (Å²) in [5.41, 5.74) is -5.23. The average molecular weight is 557 g/mol. The van der Waals surface area contributed by atoms with Crippen LogP contribution in [0.5, 0.6) is 0 Å². The van der Waals surface area contributed by atoms with Crippen molar-refractivity contribution in [3.05, 3.63) is 47.2 Å². The van der Waals surface area contributed by atoms with Crippen LogP contribution in [0.15, 0.2) is 36.0 Å². The molecule has 3 aliphatic carbocycles. The summed E-state index contributed by atoms with van der Waals surface area (Å²) < 4.78 is 86.2. The molecule has 1 heterocycles. The fourth-order valence-electron chi connectivity index (χ4n) is 8.27. The maximum absolute atomic E-state index is 14.4. The molecule has 6 atom stereocenters. The molecule has 1 saturated heterocycles. The normalized spacial score (nSPS) is 34.8. The van der Waals surface area contributed by atoms with E-state index in [0.717, 1.165) is 50.7 Å². The fraction of sp³-hybridized carbons (Fsp3) is 0.655. The SMILES string of the molecule is Cc1ccc(C(NC(=O)C2C[C@@]3(C)C(=CC[C@@H]4[C@H]3CC[C@]3(C)CCC[C@@H]43)NC2=O)(C(F)(F)F)C(F)(F)F)cc1. The third kappa shape index (κ3) is 4.19. The van der Waals surface area contributed by atoms with Gasteiger partial charge in [0.2, 0.25) is 11.8 Å². The molecule has 1 unspecified atom stereocenters. The van der Waals surface area contributed by atoms with Gasteiger partial charge in [-0.05, 0) is 74.2 Å². The Morgan fingerprint density at radius 3 is 2.23 bits per heavy atom. The largest absolute Gasteiger partial charge is 0.424 e. The second-order valence-corrected chi connectivity index (χ2v) is 12.6. The lowest BCUT2D eigenvalue weighted by Gasteiger charge is -2.57. The number of rotatable bonds is 3. The maximum Gasteiger partial charge on any atom is 0.424 e. The predicted molar refractivity (Wildman–Crippen MR) is 132 cm³/mol. The van der Waals surface area contributed by atoms with E-state index >= 15 is 0 Å². The minimum absolute atomic E-state index is 0.0802. The number of carbonyl (C=O) groups is 2. The van der Waals surface area contributed by atoms with Gasteiger partial charge in [-0.2, -0.15) is 26.3 Å². The molecule has 0 radical (unpaired) electrons. The number of hydrogen-bond donors (Lipinski definition) is 2. The van der Waals surface area contributed by atoms with E-state index < -0.39 is 46.6 Å². The number of piperidine rings is 1. The molecular weight excluding hydrogens is 522 g/mol. The van der Waals surface area contributed by atoms with Gasteiger partial charge in [0.15, 0.2) is 0 Å². The number of fused-ring (bicyclic) bond motifs is 5. The van der Waals surface area contributed by atoms with Crippen molar-refractivity contribution in [3.63, 3.8) is 0 Å². The van der Waals surface area contributed by atoms with Crippen LogP contribution in [0.1, 0.15) is 69.9 Å². The third-order valence-electron chi connectivity index (χ3n) is 10.4. The van der Waals surface area contributed by atoms with Gasteiger partial charge in [0.1, 0.15) is 5.92 Å². The molecule has 4 nitrogen and oxygen atoms in total. The first-order valence-electron chi connectivity index (χ1n) is 13.6. The molecular formula is C29H34F6N2O2. The molecule has 0 bridgehead atoms. The van der Waals surface area contributed by atoms with Crippen molar-refractivity contribution in [3.8, 4) is 0 Å². The third-order valence-corrected chi connectivity index (χ3v) is 10.4. The Morgan fingerprint density at radius 1 is 0.974 bits per heavy atom. The summed E-state index contributed by atoms with van der Waals surface area (Å²) in [4.78, 5) is 26.4. The van der Waals surface area contributed by atoms with Gasteiger partial charge in [-0.3, -0.25) is 9.59 Å². The van der Waals surface area contributed by atoms with Crippen LogP contribution in [0.3, 0.4) is 0 Å². The zero-order valence-corrected chi connectivity index (χ0v) is 22.2. The second-order valence-electron chi connectivity index (χ2n) is 12.6. The minimum atomic E-state index is -5.91. The Bertz CT molecular complexity index is 1180. The van der Waals surface area contributed by atoms with Crippen LogP contribution in [-0.4, -0.2) is 24.2 Å². The number of halogens is 6. The first kappa shape index (κ1) is 28.0. The number of aryl methyl sites for hydroxylation is 1. The molecule has 1 aromatic rings. The van der Waals surface area contributed by atoms with Gasteiger partial charge in [0.25, 0.3) is 5.54 Å². The summed E-state index contributed by atoms with van der Waals surface area (Å²) in [5.74, 6) is -3.30. The van der Waals surface area contributed by atoms with Crippen molar-refractivity contribution < 1.29 is 35.9 Å². The van der Waals surface area contributed by atoms with Crippen molar-refractivity contribution in [2.75, 3.05) is 0 Å². The molecule has 10 heteroatoms. The first-order chi connectivity index (χ1) is 18.0. The Kier molecular flexibility index (Phi) is 6.46. The Balaban J connectivity index is 1.49. The zero-order chi connectivity index (χ0) is 28.6. The molecule has 2 N–H and O–H groups in total. The van der Waals surface area contributed by atoms with Crippen molar-refractivity contribution in [1.29, 1.82) is 0 Å². The summed E-state index contributed by atoms with van der Waals surface area (Å²) in [6.07, 6.45) is -4.05. The topological polar surface area (TPSA) is 58.2 Å². The number of allylic oxidation sites excluding steroid dienone is 2. The highest BCUT2D eigenvalue weighted by atomic mass is 19.4. The highest BCUT2D eigenvalue weighted by Gasteiger charge is 2.73. The number of alkyl halides is 6. The Labute approximate surface area is 224 Å². The molecule has 0 aromatic heterocycles. The quantitative estimate of drug-likeness (QED) is 0.322. The molecule has 2 amide bonds. The average Bonchev–Trinajstić information content (AvgIpc) is 3.23. The molecule has 5 rings (SSSR count). The summed E-state index contributed by atoms with van der Waals surface area (Å²) in [7, 11) is 0. The number of hydrogen-bond acceptors (Lipinski definition) is 2. The van der Waals surface area contributed by atoms with E-state index in [4.69, 9.17) is 0 Å². The Hall–Kier alpha value is -2.52. The van der Waals surface area contributed by atoms with Crippen LogP contribution in [0.4, 0.5) is 26.3 Å². The number of benzene rings is 1. The van der Waals surface area contributed by atoms with E-state index in [1.54, 1.807) is 0 Å². The van der Waals surface area contributed by atoms with E-state index in [1.165, 1.54) is 12.2 Å². The molecule has 214 valence electrons. The van der Waals surface area contributed by atoms with Crippen molar-refractivity contribution in [2.45, 2.75) is 83.6 Å². The molecule has 1 aromatic carbocycles. The molecule has 39 heavy (non-hydrogen) atoms. The van der Waals surface area contributed by atoms with E-state index in [0.29, 0.717) is 35.2 Å². The monoisotopic (exact) mass is 556 g/mol. The second kappa shape index (κ2) is 8.99. The van der Waals surface area contributed by atoms with Gasteiger partial charge in [-0.15, -0.1) is 0 Å². The lowest BCUT2D eigenvalue weighted by atomic mass is 9.49. The smallest absolute Gasteiger partial charge is 0.330 e. The lowest BCUT2D eigenvalue weighted by Crippen LogP contribution is -2.67. The number of carbonyl (C=O) groups excluding carboxylic acids is 2. The van der Waals surface area contributed by atoms with E-state index in [-0.39, 0.29) is 17.8 Å². The van der Waals surface area contributed by atoms with Gasteiger partial charge in [-0.1, -0.05) is 56.2 Å². The summed E-state index contributed by atoms with van der Waals surface area (Å²) in [6.45, 7) is 5.73. The number of amides is 2. The molecule has 1 aliphatic heterocycles. The van der Waals surface area contributed by atoms with Crippen molar-refractivity contribution in [1.82, 2.24) is 10.6 Å². The van der Waals surface area contributed by atoms with Gasteiger partial charge in [0, 0.05) is 11.1 Å². The van der Waals surface area contributed by atoms with Crippen LogP contribution < -0.4 is 10.6 Å². The van der Waals surface area contributed by atoms with Crippen LogP contribution in [0.25, 0.3) is 0 Å². The van der Waals surface area contributed by atoms with Crippen LogP contribution in [0.2, 0.25) is 0 Å². The molecule has 3 fully saturated rings. The highest BCUT2D eigenvalue weighted by Crippen LogP contribution is 2.64. The fourth-order valence-corrected chi connectivity index (χ4v) is 8.27. The minimum Gasteiger partial charge on any atom is -0.330 e.